The number of carboxylic acids is 1. The minimum atomic E-state index is -0.771. The molecule has 0 aliphatic heterocycles. The number of rotatable bonds is 5. The molecule has 2 rings (SSSR count). The van der Waals surface area contributed by atoms with Gasteiger partial charge in [-0.3, -0.25) is 4.79 Å². The van der Waals surface area contributed by atoms with E-state index in [0.29, 0.717) is 6.42 Å². The number of nitrogens with zero attached hydrogens (tertiary/aromatic N) is 1. The summed E-state index contributed by atoms with van der Waals surface area (Å²) >= 11 is 0. The van der Waals surface area contributed by atoms with Gasteiger partial charge in [0, 0.05) is 18.4 Å². The maximum atomic E-state index is 10.6. The third-order valence-corrected chi connectivity index (χ3v) is 3.21. The predicted molar refractivity (Wildman–Crippen MR) is 73.4 cm³/mol. The van der Waals surface area contributed by atoms with Gasteiger partial charge in [0.05, 0.1) is 13.5 Å². The van der Waals surface area contributed by atoms with E-state index in [1.807, 2.05) is 48.0 Å². The molecule has 19 heavy (non-hydrogen) atoms. The fourth-order valence-corrected chi connectivity index (χ4v) is 2.09. The summed E-state index contributed by atoms with van der Waals surface area (Å²) in [7, 11) is 3.60. The van der Waals surface area contributed by atoms with Crippen molar-refractivity contribution in [3.8, 4) is 17.0 Å². The molecule has 0 fully saturated rings. The van der Waals surface area contributed by atoms with Gasteiger partial charge in [-0.1, -0.05) is 0 Å². The third-order valence-electron chi connectivity index (χ3n) is 3.21. The van der Waals surface area contributed by atoms with Gasteiger partial charge in [-0.25, -0.2) is 0 Å². The van der Waals surface area contributed by atoms with Crippen molar-refractivity contribution in [2.45, 2.75) is 12.8 Å². The molecule has 1 aromatic heterocycles. The van der Waals surface area contributed by atoms with Crippen LogP contribution in [0.25, 0.3) is 11.3 Å². The normalized spacial score (nSPS) is 10.4. The molecule has 100 valence electrons. The zero-order valence-electron chi connectivity index (χ0n) is 11.1. The van der Waals surface area contributed by atoms with Crippen molar-refractivity contribution in [3.05, 3.63) is 42.1 Å². The quantitative estimate of drug-likeness (QED) is 0.898. The van der Waals surface area contributed by atoms with Crippen LogP contribution in [0.1, 0.15) is 12.1 Å². The highest BCUT2D eigenvalue weighted by Crippen LogP contribution is 2.24. The Morgan fingerprint density at radius 1 is 1.21 bits per heavy atom. The van der Waals surface area contributed by atoms with E-state index in [2.05, 4.69) is 0 Å². The molecule has 0 aliphatic carbocycles. The number of benzene rings is 1. The second-order valence-electron chi connectivity index (χ2n) is 4.39. The average Bonchev–Trinajstić information content (AvgIpc) is 2.78. The number of aryl methyl sites for hydroxylation is 1. The Morgan fingerprint density at radius 3 is 2.47 bits per heavy atom. The summed E-state index contributed by atoms with van der Waals surface area (Å²) in [6, 6.07) is 11.8. The summed E-state index contributed by atoms with van der Waals surface area (Å²) in [5, 5.41) is 8.72. The number of hydrogen-bond donors (Lipinski definition) is 1. The van der Waals surface area contributed by atoms with E-state index in [4.69, 9.17) is 9.84 Å². The van der Waals surface area contributed by atoms with Gasteiger partial charge in [-0.15, -0.1) is 0 Å². The van der Waals surface area contributed by atoms with Crippen molar-refractivity contribution in [1.29, 1.82) is 0 Å². The first kappa shape index (κ1) is 13.2. The number of hydrogen-bond acceptors (Lipinski definition) is 2. The Morgan fingerprint density at radius 2 is 1.89 bits per heavy atom. The van der Waals surface area contributed by atoms with Gasteiger partial charge < -0.3 is 14.4 Å². The Hall–Kier alpha value is -2.23. The number of ether oxygens (including phenoxy) is 1. The van der Waals surface area contributed by atoms with Crippen molar-refractivity contribution < 1.29 is 14.6 Å². The molecule has 0 atom stereocenters. The summed E-state index contributed by atoms with van der Waals surface area (Å²) in [5.74, 6) is 0.0521. The monoisotopic (exact) mass is 259 g/mol. The van der Waals surface area contributed by atoms with Crippen LogP contribution in [-0.4, -0.2) is 22.8 Å². The van der Waals surface area contributed by atoms with E-state index in [1.54, 1.807) is 7.11 Å². The highest BCUT2D eigenvalue weighted by molar-refractivity contribution is 5.67. The van der Waals surface area contributed by atoms with Crippen LogP contribution < -0.4 is 4.74 Å². The molecule has 0 spiro atoms. The van der Waals surface area contributed by atoms with Crippen molar-refractivity contribution >= 4 is 5.97 Å². The molecular formula is C15H17NO3. The zero-order valence-corrected chi connectivity index (χ0v) is 11.1. The van der Waals surface area contributed by atoms with E-state index in [0.717, 1.165) is 22.7 Å². The van der Waals surface area contributed by atoms with Gasteiger partial charge in [-0.05, 0) is 48.4 Å². The maximum Gasteiger partial charge on any atom is 0.303 e. The molecule has 4 heteroatoms. The van der Waals surface area contributed by atoms with Crippen LogP contribution in [0.2, 0.25) is 0 Å². The van der Waals surface area contributed by atoms with Crippen LogP contribution in [0.15, 0.2) is 36.4 Å². The number of carboxylic acid groups (broad SMARTS) is 1. The van der Waals surface area contributed by atoms with Gasteiger partial charge in [0.1, 0.15) is 5.75 Å². The summed E-state index contributed by atoms with van der Waals surface area (Å²) in [6.45, 7) is 0. The molecule has 1 heterocycles. The largest absolute Gasteiger partial charge is 0.497 e. The molecule has 0 saturated heterocycles. The third kappa shape index (κ3) is 2.96. The molecule has 0 amide bonds. The minimum absolute atomic E-state index is 0.153. The summed E-state index contributed by atoms with van der Waals surface area (Å²) in [6.07, 6.45) is 0.696. The number of methoxy groups -OCH3 is 1. The van der Waals surface area contributed by atoms with Crippen molar-refractivity contribution in [2.24, 2.45) is 7.05 Å². The van der Waals surface area contributed by atoms with Gasteiger partial charge in [0.15, 0.2) is 0 Å². The van der Waals surface area contributed by atoms with Gasteiger partial charge >= 0.3 is 5.97 Å². The molecule has 0 saturated carbocycles. The lowest BCUT2D eigenvalue weighted by Gasteiger charge is -2.08. The molecule has 1 aromatic carbocycles. The van der Waals surface area contributed by atoms with E-state index in [9.17, 15) is 4.79 Å². The smallest absolute Gasteiger partial charge is 0.303 e. The van der Waals surface area contributed by atoms with Gasteiger partial charge in [0.2, 0.25) is 0 Å². The van der Waals surface area contributed by atoms with Crippen LogP contribution in [0.3, 0.4) is 0 Å². The minimum Gasteiger partial charge on any atom is -0.497 e. The lowest BCUT2D eigenvalue weighted by Crippen LogP contribution is -2.02. The highest BCUT2D eigenvalue weighted by atomic mass is 16.5. The van der Waals surface area contributed by atoms with Crippen LogP contribution in [-0.2, 0) is 18.3 Å². The lowest BCUT2D eigenvalue weighted by atomic mass is 10.1. The first-order valence-electron chi connectivity index (χ1n) is 6.12. The molecule has 4 nitrogen and oxygen atoms in total. The molecule has 0 radical (unpaired) electrons. The summed E-state index contributed by atoms with van der Waals surface area (Å²) < 4.78 is 7.17. The van der Waals surface area contributed by atoms with Gasteiger partial charge in [0.25, 0.3) is 0 Å². The first-order valence-corrected chi connectivity index (χ1v) is 6.12. The second-order valence-corrected chi connectivity index (χ2v) is 4.39. The van der Waals surface area contributed by atoms with E-state index in [1.165, 1.54) is 0 Å². The van der Waals surface area contributed by atoms with Crippen LogP contribution in [0.5, 0.6) is 5.75 Å². The fraction of sp³-hybridized carbons (Fsp3) is 0.267. The molecular weight excluding hydrogens is 242 g/mol. The first-order chi connectivity index (χ1) is 9.11. The van der Waals surface area contributed by atoms with E-state index >= 15 is 0 Å². The molecule has 0 aliphatic rings. The summed E-state index contributed by atoms with van der Waals surface area (Å²) in [5.41, 5.74) is 3.18. The maximum absolute atomic E-state index is 10.6. The Kier molecular flexibility index (Phi) is 3.90. The van der Waals surface area contributed by atoms with Crippen LogP contribution in [0.4, 0.5) is 0 Å². The van der Waals surface area contributed by atoms with Crippen molar-refractivity contribution in [1.82, 2.24) is 4.57 Å². The highest BCUT2D eigenvalue weighted by Gasteiger charge is 2.08. The number of aliphatic carboxylic acids is 1. The summed E-state index contributed by atoms with van der Waals surface area (Å²) in [4.78, 5) is 10.6. The fourth-order valence-electron chi connectivity index (χ4n) is 2.09. The average molecular weight is 259 g/mol. The predicted octanol–water partition coefficient (Wildman–Crippen LogP) is 2.72. The Bertz CT molecular complexity index is 570. The zero-order chi connectivity index (χ0) is 13.8. The van der Waals surface area contributed by atoms with E-state index < -0.39 is 5.97 Å². The number of aromatic nitrogens is 1. The SMILES string of the molecule is COc1ccc(-c2ccc(CCC(=O)O)n2C)cc1. The Labute approximate surface area is 112 Å². The van der Waals surface area contributed by atoms with Crippen LogP contribution >= 0.6 is 0 Å². The second kappa shape index (κ2) is 5.61. The lowest BCUT2D eigenvalue weighted by molar-refractivity contribution is -0.136. The van der Waals surface area contributed by atoms with Gasteiger partial charge in [-0.2, -0.15) is 0 Å². The standard InChI is InChI=1S/C15H17NO3/c1-16-12(6-10-15(17)18)5-9-14(16)11-3-7-13(19-2)8-4-11/h3-5,7-9H,6,10H2,1-2H3,(H,17,18). The van der Waals surface area contributed by atoms with E-state index in [-0.39, 0.29) is 6.42 Å². The van der Waals surface area contributed by atoms with Crippen molar-refractivity contribution in [3.63, 3.8) is 0 Å². The Balaban J connectivity index is 2.22. The molecule has 0 unspecified atom stereocenters. The molecule has 1 N–H and O–H groups in total. The van der Waals surface area contributed by atoms with Crippen LogP contribution in [0, 0.1) is 0 Å². The molecule has 0 bridgehead atoms. The van der Waals surface area contributed by atoms with Crippen molar-refractivity contribution in [2.75, 3.05) is 7.11 Å². The topological polar surface area (TPSA) is 51.5 Å². The number of carbonyl (C=O) groups is 1. The molecule has 2 aromatic rings.